The fourth-order valence-corrected chi connectivity index (χ4v) is 4.68. The Kier molecular flexibility index (Phi) is 4.95. The number of carbonyl (C=O) groups excluding carboxylic acids is 1. The van der Waals surface area contributed by atoms with Gasteiger partial charge in [-0.15, -0.1) is 0 Å². The van der Waals surface area contributed by atoms with E-state index in [0.717, 1.165) is 44.2 Å². The number of rotatable bonds is 3. The van der Waals surface area contributed by atoms with E-state index in [-0.39, 0.29) is 6.03 Å². The number of piperazine rings is 1. The number of hydrogen-bond donors (Lipinski definition) is 1. The molecule has 0 saturated carbocycles. The predicted molar refractivity (Wildman–Crippen MR) is 101 cm³/mol. The topological polar surface area (TPSA) is 38.8 Å². The van der Waals surface area contributed by atoms with Gasteiger partial charge in [0.25, 0.3) is 0 Å². The van der Waals surface area contributed by atoms with E-state index in [2.05, 4.69) is 34.2 Å². The summed E-state index contributed by atoms with van der Waals surface area (Å²) in [6, 6.07) is 8.92. The number of anilines is 1. The van der Waals surface area contributed by atoms with Gasteiger partial charge in [0.15, 0.2) is 0 Å². The van der Waals surface area contributed by atoms with Crippen LogP contribution in [0.5, 0.6) is 0 Å². The van der Waals surface area contributed by atoms with Crippen LogP contribution in [-0.4, -0.2) is 72.6 Å². The third-order valence-corrected chi connectivity index (χ3v) is 6.28. The fraction of sp³-hybridized carbons (Fsp3) is 0.650. The molecule has 1 atom stereocenters. The van der Waals surface area contributed by atoms with Crippen LogP contribution in [0.25, 0.3) is 0 Å². The third-order valence-electron chi connectivity index (χ3n) is 6.28. The van der Waals surface area contributed by atoms with Gasteiger partial charge in [0.05, 0.1) is 0 Å². The second kappa shape index (κ2) is 7.34. The smallest absolute Gasteiger partial charge is 0.321 e. The van der Waals surface area contributed by atoms with Crippen LogP contribution < -0.4 is 5.32 Å². The van der Waals surface area contributed by atoms with Gasteiger partial charge in [0.1, 0.15) is 0 Å². The molecular weight excluding hydrogens is 312 g/mol. The SMILES string of the molecule is CCc1cccc(NC(=O)N2CCN([C@H]3CN4CCC3CC4)CC2)c1. The maximum absolute atomic E-state index is 12.6. The molecule has 0 unspecified atom stereocenters. The molecule has 2 bridgehead atoms. The maximum Gasteiger partial charge on any atom is 0.321 e. The molecule has 25 heavy (non-hydrogen) atoms. The minimum atomic E-state index is 0.0433. The summed E-state index contributed by atoms with van der Waals surface area (Å²) in [5, 5.41) is 3.07. The quantitative estimate of drug-likeness (QED) is 0.917. The summed E-state index contributed by atoms with van der Waals surface area (Å²) in [6.07, 6.45) is 3.71. The molecule has 0 aliphatic carbocycles. The van der Waals surface area contributed by atoms with Crippen molar-refractivity contribution in [3.05, 3.63) is 29.8 Å². The summed E-state index contributed by atoms with van der Waals surface area (Å²) in [5.74, 6) is 0.877. The van der Waals surface area contributed by atoms with E-state index in [1.165, 1.54) is 38.0 Å². The molecule has 136 valence electrons. The van der Waals surface area contributed by atoms with Crippen molar-refractivity contribution in [2.24, 2.45) is 5.92 Å². The van der Waals surface area contributed by atoms with Crippen molar-refractivity contribution in [1.82, 2.24) is 14.7 Å². The van der Waals surface area contributed by atoms with E-state index in [0.29, 0.717) is 6.04 Å². The Morgan fingerprint density at radius 2 is 1.88 bits per heavy atom. The number of nitrogens with zero attached hydrogens (tertiary/aromatic N) is 3. The zero-order chi connectivity index (χ0) is 17.2. The van der Waals surface area contributed by atoms with Crippen molar-refractivity contribution >= 4 is 11.7 Å². The molecule has 1 aromatic rings. The van der Waals surface area contributed by atoms with Gasteiger partial charge in [0.2, 0.25) is 0 Å². The van der Waals surface area contributed by atoms with Crippen molar-refractivity contribution < 1.29 is 4.79 Å². The van der Waals surface area contributed by atoms with Gasteiger partial charge in [0, 0.05) is 44.5 Å². The van der Waals surface area contributed by atoms with E-state index < -0.39 is 0 Å². The second-order valence-corrected chi connectivity index (χ2v) is 7.71. The fourth-order valence-electron chi connectivity index (χ4n) is 4.68. The van der Waals surface area contributed by atoms with E-state index in [1.54, 1.807) is 0 Å². The number of piperidine rings is 3. The van der Waals surface area contributed by atoms with Gasteiger partial charge >= 0.3 is 6.03 Å². The lowest BCUT2D eigenvalue weighted by molar-refractivity contribution is -0.00971. The number of nitrogens with one attached hydrogen (secondary N) is 1. The molecule has 1 aromatic carbocycles. The van der Waals surface area contributed by atoms with Crippen molar-refractivity contribution in [2.75, 3.05) is 51.1 Å². The lowest BCUT2D eigenvalue weighted by Gasteiger charge is -2.50. The van der Waals surface area contributed by atoms with Crippen LogP contribution in [0.1, 0.15) is 25.3 Å². The monoisotopic (exact) mass is 342 g/mol. The number of fused-ring (bicyclic) bond motifs is 3. The molecule has 1 N–H and O–H groups in total. The summed E-state index contributed by atoms with van der Waals surface area (Å²) in [4.78, 5) is 19.8. The number of aryl methyl sites for hydroxylation is 1. The molecule has 4 fully saturated rings. The van der Waals surface area contributed by atoms with Crippen LogP contribution >= 0.6 is 0 Å². The number of urea groups is 1. The van der Waals surface area contributed by atoms with E-state index in [1.807, 2.05) is 17.0 Å². The lowest BCUT2D eigenvalue weighted by Crippen LogP contribution is -2.61. The molecule has 5 nitrogen and oxygen atoms in total. The van der Waals surface area contributed by atoms with Crippen LogP contribution in [0.2, 0.25) is 0 Å². The molecule has 0 radical (unpaired) electrons. The molecule has 0 spiro atoms. The Balaban J connectivity index is 1.30. The normalized spacial score (nSPS) is 29.6. The molecular formula is C20H30N4O. The average molecular weight is 342 g/mol. The highest BCUT2D eigenvalue weighted by molar-refractivity contribution is 5.89. The zero-order valence-electron chi connectivity index (χ0n) is 15.3. The lowest BCUT2D eigenvalue weighted by atomic mass is 9.83. The Morgan fingerprint density at radius 3 is 2.52 bits per heavy atom. The van der Waals surface area contributed by atoms with Crippen molar-refractivity contribution in [2.45, 2.75) is 32.2 Å². The highest BCUT2D eigenvalue weighted by Gasteiger charge is 2.38. The molecule has 2 amide bonds. The molecule has 0 aromatic heterocycles. The maximum atomic E-state index is 12.6. The first kappa shape index (κ1) is 16.9. The Labute approximate surface area is 151 Å². The van der Waals surface area contributed by atoms with E-state index in [9.17, 15) is 4.79 Å². The largest absolute Gasteiger partial charge is 0.322 e. The summed E-state index contributed by atoms with van der Waals surface area (Å²) < 4.78 is 0. The average Bonchev–Trinajstić information content (AvgIpc) is 2.69. The van der Waals surface area contributed by atoms with Crippen molar-refractivity contribution in [1.29, 1.82) is 0 Å². The van der Waals surface area contributed by atoms with Crippen LogP contribution in [0.15, 0.2) is 24.3 Å². The second-order valence-electron chi connectivity index (χ2n) is 7.71. The van der Waals surface area contributed by atoms with Crippen LogP contribution in [0.3, 0.4) is 0 Å². The zero-order valence-corrected chi connectivity index (χ0v) is 15.3. The first-order chi connectivity index (χ1) is 12.2. The highest BCUT2D eigenvalue weighted by atomic mass is 16.2. The molecule has 5 heteroatoms. The van der Waals surface area contributed by atoms with Gasteiger partial charge in [-0.1, -0.05) is 19.1 Å². The van der Waals surface area contributed by atoms with Crippen LogP contribution in [0.4, 0.5) is 10.5 Å². The molecule has 4 aliphatic rings. The first-order valence-electron chi connectivity index (χ1n) is 9.84. The van der Waals surface area contributed by atoms with Crippen LogP contribution in [-0.2, 0) is 6.42 Å². The Morgan fingerprint density at radius 1 is 1.12 bits per heavy atom. The summed E-state index contributed by atoms with van der Waals surface area (Å²) in [7, 11) is 0. The van der Waals surface area contributed by atoms with Gasteiger partial charge < -0.3 is 15.1 Å². The Hall–Kier alpha value is -1.59. The number of hydrogen-bond acceptors (Lipinski definition) is 3. The summed E-state index contributed by atoms with van der Waals surface area (Å²) >= 11 is 0. The minimum Gasteiger partial charge on any atom is -0.322 e. The van der Waals surface area contributed by atoms with Crippen molar-refractivity contribution in [3.8, 4) is 0 Å². The number of amides is 2. The molecule has 4 saturated heterocycles. The Bertz CT molecular complexity index is 603. The molecule has 4 heterocycles. The van der Waals surface area contributed by atoms with E-state index in [4.69, 9.17) is 0 Å². The van der Waals surface area contributed by atoms with Gasteiger partial charge in [-0.3, -0.25) is 4.90 Å². The number of benzene rings is 1. The summed E-state index contributed by atoms with van der Waals surface area (Å²) in [5.41, 5.74) is 2.16. The predicted octanol–water partition coefficient (Wildman–Crippen LogP) is 2.49. The van der Waals surface area contributed by atoms with Crippen LogP contribution in [0, 0.1) is 5.92 Å². The van der Waals surface area contributed by atoms with Gasteiger partial charge in [-0.05, 0) is 56.0 Å². The number of carbonyl (C=O) groups is 1. The van der Waals surface area contributed by atoms with E-state index >= 15 is 0 Å². The standard InChI is InChI=1S/C20H30N4O/c1-2-16-4-3-5-18(14-16)21-20(25)24-12-10-23(11-13-24)19-15-22-8-6-17(19)7-9-22/h3-5,14,17,19H,2,6-13,15H2,1H3,(H,21,25)/t19-/m0/s1. The highest BCUT2D eigenvalue weighted by Crippen LogP contribution is 2.31. The minimum absolute atomic E-state index is 0.0433. The van der Waals surface area contributed by atoms with Gasteiger partial charge in [-0.25, -0.2) is 4.79 Å². The van der Waals surface area contributed by atoms with Crippen molar-refractivity contribution in [3.63, 3.8) is 0 Å². The molecule has 5 rings (SSSR count). The summed E-state index contributed by atoms with van der Waals surface area (Å²) in [6.45, 7) is 9.65. The molecule has 4 aliphatic heterocycles. The first-order valence-corrected chi connectivity index (χ1v) is 9.84. The van der Waals surface area contributed by atoms with Gasteiger partial charge in [-0.2, -0.15) is 0 Å². The third kappa shape index (κ3) is 3.67.